The second-order valence-electron chi connectivity index (χ2n) is 5.01. The molecule has 0 amide bonds. The summed E-state index contributed by atoms with van der Waals surface area (Å²) in [5.74, 6) is -0.231. The zero-order chi connectivity index (χ0) is 15.8. The molecule has 6 nitrogen and oxygen atoms in total. The predicted octanol–water partition coefficient (Wildman–Crippen LogP) is 0.932. The van der Waals surface area contributed by atoms with Crippen molar-refractivity contribution in [2.75, 3.05) is 13.7 Å². The van der Waals surface area contributed by atoms with E-state index in [4.69, 9.17) is 9.84 Å². The van der Waals surface area contributed by atoms with E-state index < -0.39 is 24.2 Å². The topological polar surface area (TPSA) is 99.0 Å². The lowest BCUT2D eigenvalue weighted by atomic mass is 9.98. The summed E-state index contributed by atoms with van der Waals surface area (Å²) >= 11 is 0. The highest BCUT2D eigenvalue weighted by molar-refractivity contribution is 5.66. The van der Waals surface area contributed by atoms with Crippen molar-refractivity contribution >= 4 is 5.97 Å². The van der Waals surface area contributed by atoms with Gasteiger partial charge >= 0.3 is 5.97 Å². The molecule has 6 heteroatoms. The molecular weight excluding hydrogens is 274 g/mol. The van der Waals surface area contributed by atoms with Crippen molar-refractivity contribution in [2.24, 2.45) is 0 Å². The quantitative estimate of drug-likeness (QED) is 0.541. The molecule has 0 aliphatic heterocycles. The van der Waals surface area contributed by atoms with E-state index in [2.05, 4.69) is 5.32 Å². The highest BCUT2D eigenvalue weighted by Gasteiger charge is 2.21. The predicted molar refractivity (Wildman–Crippen MR) is 78.3 cm³/mol. The molecule has 0 saturated carbocycles. The van der Waals surface area contributed by atoms with Gasteiger partial charge in [0.25, 0.3) is 0 Å². The maximum absolute atomic E-state index is 10.7. The van der Waals surface area contributed by atoms with Gasteiger partial charge in [0.15, 0.2) is 0 Å². The van der Waals surface area contributed by atoms with Gasteiger partial charge in [-0.2, -0.15) is 0 Å². The highest BCUT2D eigenvalue weighted by Crippen LogP contribution is 2.22. The number of nitrogens with one attached hydrogen (secondary N) is 1. The summed E-state index contributed by atoms with van der Waals surface area (Å²) in [5, 5.41) is 31.5. The third kappa shape index (κ3) is 6.12. The average Bonchev–Trinajstić information content (AvgIpc) is 2.46. The van der Waals surface area contributed by atoms with Crippen molar-refractivity contribution in [1.82, 2.24) is 5.32 Å². The van der Waals surface area contributed by atoms with Crippen LogP contribution in [0.4, 0.5) is 0 Å². The Hall–Kier alpha value is -1.63. The molecule has 1 aromatic rings. The normalized spacial score (nSPS) is 15.2. The van der Waals surface area contributed by atoms with E-state index in [0.717, 1.165) is 0 Å². The monoisotopic (exact) mass is 297 g/mol. The Morgan fingerprint density at radius 2 is 1.90 bits per heavy atom. The van der Waals surface area contributed by atoms with E-state index >= 15 is 0 Å². The lowest BCUT2D eigenvalue weighted by molar-refractivity contribution is -0.137. The largest absolute Gasteiger partial charge is 0.497 e. The van der Waals surface area contributed by atoms with Crippen LogP contribution in [0.5, 0.6) is 5.75 Å². The van der Waals surface area contributed by atoms with E-state index in [1.807, 2.05) is 0 Å². The minimum atomic E-state index is -0.916. The van der Waals surface area contributed by atoms with Gasteiger partial charge in [-0.05, 0) is 31.0 Å². The fourth-order valence-electron chi connectivity index (χ4n) is 2.01. The molecule has 0 saturated heterocycles. The summed E-state index contributed by atoms with van der Waals surface area (Å²) in [5.41, 5.74) is 0.671. The molecule has 118 valence electrons. The van der Waals surface area contributed by atoms with Crippen molar-refractivity contribution in [3.05, 3.63) is 29.8 Å². The van der Waals surface area contributed by atoms with Gasteiger partial charge in [0.2, 0.25) is 0 Å². The van der Waals surface area contributed by atoms with Gasteiger partial charge in [-0.1, -0.05) is 12.1 Å². The molecule has 0 heterocycles. The molecule has 0 radical (unpaired) electrons. The van der Waals surface area contributed by atoms with Gasteiger partial charge in [-0.25, -0.2) is 0 Å². The number of hydrogen-bond acceptors (Lipinski definition) is 5. The van der Waals surface area contributed by atoms with Crippen LogP contribution in [0.1, 0.15) is 31.4 Å². The zero-order valence-corrected chi connectivity index (χ0v) is 12.3. The molecule has 1 aromatic carbocycles. The molecule has 4 N–H and O–H groups in total. The summed E-state index contributed by atoms with van der Waals surface area (Å²) < 4.78 is 5.06. The minimum Gasteiger partial charge on any atom is -0.497 e. The van der Waals surface area contributed by atoms with Gasteiger partial charge < -0.3 is 25.4 Å². The van der Waals surface area contributed by atoms with Crippen LogP contribution in [0.25, 0.3) is 0 Å². The Balaban J connectivity index is 2.75. The SMILES string of the molecule is COc1ccc(C(O)C(CCC(=O)O)NCC(C)O)cc1. The summed E-state index contributed by atoms with van der Waals surface area (Å²) in [6.45, 7) is 1.92. The molecule has 21 heavy (non-hydrogen) atoms. The van der Waals surface area contributed by atoms with Crippen molar-refractivity contribution in [2.45, 2.75) is 38.0 Å². The Morgan fingerprint density at radius 3 is 2.38 bits per heavy atom. The lowest BCUT2D eigenvalue weighted by Crippen LogP contribution is -2.39. The maximum atomic E-state index is 10.7. The van der Waals surface area contributed by atoms with Crippen LogP contribution in [-0.4, -0.2) is 47.1 Å². The first kappa shape index (κ1) is 17.4. The number of benzene rings is 1. The number of carboxylic acid groups (broad SMARTS) is 1. The summed E-state index contributed by atoms with van der Waals surface area (Å²) in [4.78, 5) is 10.7. The van der Waals surface area contributed by atoms with E-state index in [9.17, 15) is 15.0 Å². The summed E-state index contributed by atoms with van der Waals surface area (Å²) in [6, 6.07) is 6.51. The van der Waals surface area contributed by atoms with Gasteiger partial charge in [-0.3, -0.25) is 4.79 Å². The van der Waals surface area contributed by atoms with Crippen LogP contribution in [0.2, 0.25) is 0 Å². The number of carboxylic acids is 1. The number of ether oxygens (including phenoxy) is 1. The molecule has 0 aromatic heterocycles. The van der Waals surface area contributed by atoms with Gasteiger partial charge in [0, 0.05) is 19.0 Å². The van der Waals surface area contributed by atoms with Gasteiger partial charge in [0.05, 0.1) is 19.3 Å². The summed E-state index contributed by atoms with van der Waals surface area (Å²) in [7, 11) is 1.56. The van der Waals surface area contributed by atoms with Crippen molar-refractivity contribution in [1.29, 1.82) is 0 Å². The zero-order valence-electron chi connectivity index (χ0n) is 12.3. The molecule has 0 spiro atoms. The van der Waals surface area contributed by atoms with E-state index in [0.29, 0.717) is 11.3 Å². The molecule has 0 aliphatic carbocycles. The third-order valence-corrected chi connectivity index (χ3v) is 3.18. The third-order valence-electron chi connectivity index (χ3n) is 3.18. The van der Waals surface area contributed by atoms with Crippen LogP contribution in [0.15, 0.2) is 24.3 Å². The van der Waals surface area contributed by atoms with Crippen LogP contribution in [0.3, 0.4) is 0 Å². The van der Waals surface area contributed by atoms with Gasteiger partial charge in [0.1, 0.15) is 5.75 Å². The van der Waals surface area contributed by atoms with Crippen LogP contribution in [0, 0.1) is 0 Å². The molecular formula is C15H23NO5. The first-order valence-electron chi connectivity index (χ1n) is 6.89. The van der Waals surface area contributed by atoms with Crippen LogP contribution >= 0.6 is 0 Å². The van der Waals surface area contributed by atoms with Crippen molar-refractivity contribution in [3.63, 3.8) is 0 Å². The van der Waals surface area contributed by atoms with Crippen LogP contribution < -0.4 is 10.1 Å². The Bertz CT molecular complexity index is 432. The molecule has 3 unspecified atom stereocenters. The number of aliphatic hydroxyl groups is 2. The molecule has 3 atom stereocenters. The number of methoxy groups -OCH3 is 1. The van der Waals surface area contributed by atoms with Crippen molar-refractivity contribution in [3.8, 4) is 5.75 Å². The lowest BCUT2D eigenvalue weighted by Gasteiger charge is -2.25. The molecule has 0 bridgehead atoms. The standard InChI is InChI=1S/C15H23NO5/c1-10(17)9-16-13(7-8-14(18)19)15(20)11-3-5-12(21-2)6-4-11/h3-6,10,13,15-17,20H,7-9H2,1-2H3,(H,18,19). The van der Waals surface area contributed by atoms with E-state index in [1.54, 1.807) is 38.3 Å². The molecule has 0 aliphatic rings. The number of carbonyl (C=O) groups is 1. The second-order valence-corrected chi connectivity index (χ2v) is 5.01. The fraction of sp³-hybridized carbons (Fsp3) is 0.533. The first-order valence-corrected chi connectivity index (χ1v) is 6.89. The Labute approximate surface area is 124 Å². The Kier molecular flexibility index (Phi) is 7.14. The highest BCUT2D eigenvalue weighted by atomic mass is 16.5. The molecule has 1 rings (SSSR count). The smallest absolute Gasteiger partial charge is 0.303 e. The summed E-state index contributed by atoms with van der Waals surface area (Å²) in [6.07, 6.45) is -1.20. The first-order chi connectivity index (χ1) is 9.93. The van der Waals surface area contributed by atoms with Gasteiger partial charge in [-0.15, -0.1) is 0 Å². The Morgan fingerprint density at radius 1 is 1.29 bits per heavy atom. The number of aliphatic hydroxyl groups excluding tert-OH is 2. The maximum Gasteiger partial charge on any atom is 0.303 e. The minimum absolute atomic E-state index is 0.0509. The van der Waals surface area contributed by atoms with Crippen LogP contribution in [-0.2, 0) is 4.79 Å². The van der Waals surface area contributed by atoms with E-state index in [1.165, 1.54) is 0 Å². The fourth-order valence-corrected chi connectivity index (χ4v) is 2.01. The second kappa shape index (κ2) is 8.61. The van der Waals surface area contributed by atoms with Crippen molar-refractivity contribution < 1.29 is 24.9 Å². The molecule has 0 fully saturated rings. The van der Waals surface area contributed by atoms with E-state index in [-0.39, 0.29) is 19.4 Å². The number of aliphatic carboxylic acids is 1. The average molecular weight is 297 g/mol. The number of rotatable bonds is 9. The number of hydrogen-bond donors (Lipinski definition) is 4.